The fourth-order valence-corrected chi connectivity index (χ4v) is 2.20. The van der Waals surface area contributed by atoms with Crippen molar-refractivity contribution in [1.82, 2.24) is 9.97 Å². The standard InChI is InChI=1S/C14H24N4O2/c1-3-11-17-12(15-4-2)9-13(18-11)16-10-14(19)5-7-20-8-6-14/h9,19H,3-8,10H2,1-2H3,(H2,15,16,17,18). The zero-order chi connectivity index (χ0) is 14.4. The van der Waals surface area contributed by atoms with Crippen LogP contribution in [0.15, 0.2) is 6.07 Å². The van der Waals surface area contributed by atoms with Gasteiger partial charge >= 0.3 is 0 Å². The summed E-state index contributed by atoms with van der Waals surface area (Å²) in [5.41, 5.74) is -0.700. The second-order valence-electron chi connectivity index (χ2n) is 5.13. The van der Waals surface area contributed by atoms with E-state index < -0.39 is 5.60 Å². The molecule has 1 aliphatic heterocycles. The van der Waals surface area contributed by atoms with Gasteiger partial charge in [0, 0.05) is 51.6 Å². The second kappa shape index (κ2) is 6.85. The molecule has 0 saturated carbocycles. The molecule has 1 fully saturated rings. The summed E-state index contributed by atoms with van der Waals surface area (Å²) < 4.78 is 5.28. The van der Waals surface area contributed by atoms with Crippen molar-refractivity contribution in [1.29, 1.82) is 0 Å². The maximum absolute atomic E-state index is 10.4. The average Bonchev–Trinajstić information content (AvgIpc) is 2.46. The Bertz CT molecular complexity index is 433. The van der Waals surface area contributed by atoms with Crippen molar-refractivity contribution in [2.45, 2.75) is 38.7 Å². The lowest BCUT2D eigenvalue weighted by molar-refractivity contribution is -0.0543. The molecule has 112 valence electrons. The molecule has 0 atom stereocenters. The summed E-state index contributed by atoms with van der Waals surface area (Å²) in [6, 6.07) is 1.88. The third-order valence-electron chi connectivity index (χ3n) is 3.47. The van der Waals surface area contributed by atoms with Gasteiger partial charge in [0.2, 0.25) is 0 Å². The molecule has 2 heterocycles. The summed E-state index contributed by atoms with van der Waals surface area (Å²) in [5.74, 6) is 2.37. The molecule has 0 bridgehead atoms. The summed E-state index contributed by atoms with van der Waals surface area (Å²) in [6.45, 7) is 6.60. The Morgan fingerprint density at radius 1 is 1.20 bits per heavy atom. The first kappa shape index (κ1) is 15.0. The molecule has 6 nitrogen and oxygen atoms in total. The lowest BCUT2D eigenvalue weighted by Gasteiger charge is -2.32. The molecule has 0 radical (unpaired) electrons. The van der Waals surface area contributed by atoms with E-state index in [1.165, 1.54) is 0 Å². The third kappa shape index (κ3) is 4.05. The fourth-order valence-electron chi connectivity index (χ4n) is 2.20. The maximum atomic E-state index is 10.4. The van der Waals surface area contributed by atoms with Crippen molar-refractivity contribution >= 4 is 11.6 Å². The van der Waals surface area contributed by atoms with E-state index in [0.29, 0.717) is 32.6 Å². The molecule has 1 aliphatic rings. The van der Waals surface area contributed by atoms with Gasteiger partial charge in [-0.05, 0) is 6.92 Å². The number of aryl methyl sites for hydroxylation is 1. The molecule has 20 heavy (non-hydrogen) atoms. The molecule has 2 rings (SSSR count). The summed E-state index contributed by atoms with van der Waals surface area (Å²) in [5, 5.41) is 16.9. The maximum Gasteiger partial charge on any atom is 0.132 e. The first-order chi connectivity index (χ1) is 9.65. The molecular weight excluding hydrogens is 256 g/mol. The van der Waals surface area contributed by atoms with Gasteiger partial charge < -0.3 is 20.5 Å². The van der Waals surface area contributed by atoms with Crippen molar-refractivity contribution < 1.29 is 9.84 Å². The molecule has 6 heteroatoms. The van der Waals surface area contributed by atoms with Gasteiger partial charge in [0.25, 0.3) is 0 Å². The fraction of sp³-hybridized carbons (Fsp3) is 0.714. The Kier molecular flexibility index (Phi) is 5.14. The van der Waals surface area contributed by atoms with Crippen LogP contribution >= 0.6 is 0 Å². The molecule has 1 aromatic heterocycles. The zero-order valence-electron chi connectivity index (χ0n) is 12.3. The van der Waals surface area contributed by atoms with Crippen LogP contribution in [-0.2, 0) is 11.2 Å². The summed E-state index contributed by atoms with van der Waals surface area (Å²) in [6.07, 6.45) is 2.10. The number of nitrogens with zero attached hydrogens (tertiary/aromatic N) is 2. The Morgan fingerprint density at radius 2 is 1.85 bits per heavy atom. The van der Waals surface area contributed by atoms with Crippen LogP contribution in [0.3, 0.4) is 0 Å². The van der Waals surface area contributed by atoms with Crippen LogP contribution in [0, 0.1) is 0 Å². The topological polar surface area (TPSA) is 79.3 Å². The average molecular weight is 280 g/mol. The van der Waals surface area contributed by atoms with Crippen molar-refractivity contribution in [3.8, 4) is 0 Å². The van der Waals surface area contributed by atoms with Gasteiger partial charge in [0.1, 0.15) is 17.5 Å². The van der Waals surface area contributed by atoms with Crippen molar-refractivity contribution in [3.05, 3.63) is 11.9 Å². The number of hydrogen-bond donors (Lipinski definition) is 3. The number of rotatable bonds is 6. The molecule has 0 aliphatic carbocycles. The van der Waals surface area contributed by atoms with E-state index in [9.17, 15) is 5.11 Å². The molecule has 0 amide bonds. The summed E-state index contributed by atoms with van der Waals surface area (Å²) in [4.78, 5) is 8.85. The van der Waals surface area contributed by atoms with Gasteiger partial charge in [-0.15, -0.1) is 0 Å². The van der Waals surface area contributed by atoms with Crippen molar-refractivity contribution in [2.24, 2.45) is 0 Å². The monoisotopic (exact) mass is 280 g/mol. The molecule has 1 saturated heterocycles. The van der Waals surface area contributed by atoms with E-state index in [1.807, 2.05) is 19.9 Å². The van der Waals surface area contributed by atoms with Gasteiger partial charge in [-0.3, -0.25) is 0 Å². The van der Waals surface area contributed by atoms with Crippen LogP contribution in [0.25, 0.3) is 0 Å². The highest BCUT2D eigenvalue weighted by atomic mass is 16.5. The van der Waals surface area contributed by atoms with Crippen LogP contribution in [0.5, 0.6) is 0 Å². The van der Waals surface area contributed by atoms with Crippen molar-refractivity contribution in [3.63, 3.8) is 0 Å². The number of nitrogens with one attached hydrogen (secondary N) is 2. The van der Waals surface area contributed by atoms with Gasteiger partial charge in [0.15, 0.2) is 0 Å². The van der Waals surface area contributed by atoms with Gasteiger partial charge in [-0.25, -0.2) is 9.97 Å². The normalized spacial score (nSPS) is 17.8. The van der Waals surface area contributed by atoms with Gasteiger partial charge in [-0.2, -0.15) is 0 Å². The predicted molar refractivity (Wildman–Crippen MR) is 79.1 cm³/mol. The first-order valence-corrected chi connectivity index (χ1v) is 7.31. The van der Waals surface area contributed by atoms with Crippen molar-refractivity contribution in [2.75, 3.05) is 36.9 Å². The molecule has 0 unspecified atom stereocenters. The minimum absolute atomic E-state index is 0.488. The predicted octanol–water partition coefficient (Wildman–Crippen LogP) is 1.42. The van der Waals surface area contributed by atoms with Gasteiger partial charge in [0.05, 0.1) is 5.60 Å². The first-order valence-electron chi connectivity index (χ1n) is 7.31. The Balaban J connectivity index is 2.02. The molecule has 0 aromatic carbocycles. The number of anilines is 2. The smallest absolute Gasteiger partial charge is 0.132 e. The van der Waals surface area contributed by atoms with Crippen LogP contribution in [-0.4, -0.2) is 47.0 Å². The third-order valence-corrected chi connectivity index (χ3v) is 3.47. The zero-order valence-corrected chi connectivity index (χ0v) is 12.3. The highest BCUT2D eigenvalue weighted by Crippen LogP contribution is 2.21. The van der Waals surface area contributed by atoms with E-state index >= 15 is 0 Å². The summed E-state index contributed by atoms with van der Waals surface area (Å²) in [7, 11) is 0. The van der Waals surface area contributed by atoms with Crippen LogP contribution in [0.4, 0.5) is 11.6 Å². The second-order valence-corrected chi connectivity index (χ2v) is 5.13. The van der Waals surface area contributed by atoms with E-state index in [1.54, 1.807) is 0 Å². The number of hydrogen-bond acceptors (Lipinski definition) is 6. The SMILES string of the molecule is CCNc1cc(NCC2(O)CCOCC2)nc(CC)n1. The van der Waals surface area contributed by atoms with E-state index in [-0.39, 0.29) is 0 Å². The number of aliphatic hydroxyl groups is 1. The van der Waals surface area contributed by atoms with Crippen LogP contribution in [0.1, 0.15) is 32.5 Å². The minimum Gasteiger partial charge on any atom is -0.388 e. The minimum atomic E-state index is -0.700. The van der Waals surface area contributed by atoms with E-state index in [2.05, 4.69) is 20.6 Å². The Labute approximate surface area is 120 Å². The summed E-state index contributed by atoms with van der Waals surface area (Å²) >= 11 is 0. The van der Waals surface area contributed by atoms with Crippen LogP contribution in [0.2, 0.25) is 0 Å². The molecule has 0 spiro atoms. The molecular formula is C14H24N4O2. The number of aromatic nitrogens is 2. The lowest BCUT2D eigenvalue weighted by Crippen LogP contribution is -2.42. The van der Waals surface area contributed by atoms with Crippen LogP contribution < -0.4 is 10.6 Å². The quantitative estimate of drug-likeness (QED) is 0.731. The lowest BCUT2D eigenvalue weighted by atomic mass is 9.94. The Morgan fingerprint density at radius 3 is 2.45 bits per heavy atom. The largest absolute Gasteiger partial charge is 0.388 e. The van der Waals surface area contributed by atoms with E-state index in [0.717, 1.165) is 30.4 Å². The van der Waals surface area contributed by atoms with E-state index in [4.69, 9.17) is 4.74 Å². The Hall–Kier alpha value is -1.40. The molecule has 1 aromatic rings. The highest BCUT2D eigenvalue weighted by Gasteiger charge is 2.29. The van der Waals surface area contributed by atoms with Gasteiger partial charge in [-0.1, -0.05) is 6.92 Å². The number of ether oxygens (including phenoxy) is 1. The molecule has 3 N–H and O–H groups in total. The highest BCUT2D eigenvalue weighted by molar-refractivity contribution is 5.47.